The molecule has 2 unspecified atom stereocenters. The van der Waals surface area contributed by atoms with Crippen LogP contribution in [0.1, 0.15) is 56.1 Å². The van der Waals surface area contributed by atoms with Gasteiger partial charge in [-0.3, -0.25) is 0 Å². The van der Waals surface area contributed by atoms with Crippen molar-refractivity contribution in [3.8, 4) is 5.75 Å². The van der Waals surface area contributed by atoms with Crippen molar-refractivity contribution in [2.45, 2.75) is 58.0 Å². The Labute approximate surface area is 128 Å². The lowest BCUT2D eigenvalue weighted by Gasteiger charge is -2.41. The summed E-state index contributed by atoms with van der Waals surface area (Å²) < 4.78 is 5.49. The second-order valence-electron chi connectivity index (χ2n) is 6.75. The lowest BCUT2D eigenvalue weighted by atomic mass is 9.67. The zero-order valence-electron chi connectivity index (χ0n) is 13.6. The molecule has 21 heavy (non-hydrogen) atoms. The molecule has 1 aliphatic rings. The van der Waals surface area contributed by atoms with E-state index in [0.717, 1.165) is 24.2 Å². The minimum absolute atomic E-state index is 0.0307. The number of hydrogen-bond donors (Lipinski definition) is 2. The van der Waals surface area contributed by atoms with Gasteiger partial charge in [0, 0.05) is 18.0 Å². The molecule has 0 aliphatic heterocycles. The molecule has 1 aliphatic carbocycles. The minimum atomic E-state index is -0.418. The number of rotatable bonds is 5. The predicted octanol–water partition coefficient (Wildman–Crippen LogP) is 3.38. The Morgan fingerprint density at radius 1 is 1.29 bits per heavy atom. The third-order valence-corrected chi connectivity index (χ3v) is 5.13. The Morgan fingerprint density at radius 3 is 2.52 bits per heavy atom. The molecule has 0 spiro atoms. The summed E-state index contributed by atoms with van der Waals surface area (Å²) in [7, 11) is 1.68. The summed E-state index contributed by atoms with van der Waals surface area (Å²) in [5, 5.41) is 11.0. The lowest BCUT2D eigenvalue weighted by molar-refractivity contribution is -0.00791. The van der Waals surface area contributed by atoms with Crippen molar-refractivity contribution in [1.29, 1.82) is 0 Å². The van der Waals surface area contributed by atoms with E-state index in [2.05, 4.69) is 19.9 Å². The van der Waals surface area contributed by atoms with Crippen molar-refractivity contribution in [2.75, 3.05) is 13.7 Å². The monoisotopic (exact) mass is 291 g/mol. The topological polar surface area (TPSA) is 55.5 Å². The highest BCUT2D eigenvalue weighted by molar-refractivity contribution is 5.40. The van der Waals surface area contributed by atoms with E-state index >= 15 is 0 Å². The molecule has 1 aromatic rings. The van der Waals surface area contributed by atoms with Crippen molar-refractivity contribution in [2.24, 2.45) is 11.1 Å². The lowest BCUT2D eigenvalue weighted by Crippen LogP contribution is -2.41. The first kappa shape index (κ1) is 16.3. The van der Waals surface area contributed by atoms with Gasteiger partial charge in [-0.2, -0.15) is 0 Å². The van der Waals surface area contributed by atoms with Crippen LogP contribution in [-0.4, -0.2) is 24.9 Å². The summed E-state index contributed by atoms with van der Waals surface area (Å²) in [5.41, 5.74) is 8.21. The van der Waals surface area contributed by atoms with Gasteiger partial charge in [0.1, 0.15) is 5.75 Å². The quantitative estimate of drug-likeness (QED) is 0.874. The number of nitrogens with two attached hydrogens (primary N) is 1. The van der Waals surface area contributed by atoms with E-state index in [1.807, 2.05) is 12.1 Å². The zero-order chi connectivity index (χ0) is 15.5. The molecule has 3 heteroatoms. The molecule has 0 radical (unpaired) electrons. The van der Waals surface area contributed by atoms with Gasteiger partial charge < -0.3 is 15.6 Å². The Bertz CT molecular complexity index is 466. The van der Waals surface area contributed by atoms with Crippen LogP contribution in [-0.2, 0) is 0 Å². The molecule has 0 saturated heterocycles. The van der Waals surface area contributed by atoms with Crippen molar-refractivity contribution >= 4 is 0 Å². The maximum atomic E-state index is 11.0. The number of benzene rings is 1. The molecule has 0 bridgehead atoms. The van der Waals surface area contributed by atoms with Crippen molar-refractivity contribution < 1.29 is 9.84 Å². The fourth-order valence-corrected chi connectivity index (χ4v) is 3.71. The zero-order valence-corrected chi connectivity index (χ0v) is 13.6. The van der Waals surface area contributed by atoms with Gasteiger partial charge in [0.15, 0.2) is 0 Å². The molecule has 0 aromatic heterocycles. The van der Waals surface area contributed by atoms with Gasteiger partial charge in [-0.15, -0.1) is 0 Å². The van der Waals surface area contributed by atoms with Gasteiger partial charge in [0.25, 0.3) is 0 Å². The SMILES string of the molecule is COc1ccc(C)cc1C(CN)C(O)C1(C)CCCCC1. The number of methoxy groups -OCH3 is 1. The van der Waals surface area contributed by atoms with Crippen molar-refractivity contribution in [3.63, 3.8) is 0 Å². The molecular formula is C18H29NO2. The molecule has 3 nitrogen and oxygen atoms in total. The highest BCUT2D eigenvalue weighted by atomic mass is 16.5. The summed E-state index contributed by atoms with van der Waals surface area (Å²) in [5.74, 6) is 0.762. The van der Waals surface area contributed by atoms with E-state index < -0.39 is 6.10 Å². The second kappa shape index (κ2) is 6.80. The smallest absolute Gasteiger partial charge is 0.122 e. The van der Waals surface area contributed by atoms with E-state index in [9.17, 15) is 5.11 Å². The molecular weight excluding hydrogens is 262 g/mol. The standard InChI is InChI=1S/C18H29NO2/c1-13-7-8-16(21-3)14(11-13)15(12-19)17(20)18(2)9-5-4-6-10-18/h7-8,11,15,17,20H,4-6,9-10,12,19H2,1-3H3. The molecule has 1 saturated carbocycles. The van der Waals surface area contributed by atoms with E-state index in [1.54, 1.807) is 7.11 Å². The highest BCUT2D eigenvalue weighted by Gasteiger charge is 2.39. The Kier molecular flexibility index (Phi) is 5.28. The average molecular weight is 291 g/mol. The van der Waals surface area contributed by atoms with Crippen LogP contribution < -0.4 is 10.5 Å². The largest absolute Gasteiger partial charge is 0.496 e. The van der Waals surface area contributed by atoms with Crippen LogP contribution in [0.25, 0.3) is 0 Å². The van der Waals surface area contributed by atoms with E-state index in [-0.39, 0.29) is 11.3 Å². The fourth-order valence-electron chi connectivity index (χ4n) is 3.71. The predicted molar refractivity (Wildman–Crippen MR) is 86.7 cm³/mol. The molecule has 2 atom stereocenters. The van der Waals surface area contributed by atoms with Crippen LogP contribution in [0.4, 0.5) is 0 Å². The Balaban J connectivity index is 2.32. The van der Waals surface area contributed by atoms with E-state index in [4.69, 9.17) is 10.5 Å². The third-order valence-electron chi connectivity index (χ3n) is 5.13. The second-order valence-corrected chi connectivity index (χ2v) is 6.75. The summed E-state index contributed by atoms with van der Waals surface area (Å²) in [6.07, 6.45) is 5.44. The summed E-state index contributed by atoms with van der Waals surface area (Å²) in [6.45, 7) is 4.71. The summed E-state index contributed by atoms with van der Waals surface area (Å²) >= 11 is 0. The number of ether oxygens (including phenoxy) is 1. The van der Waals surface area contributed by atoms with E-state index in [1.165, 1.54) is 24.8 Å². The highest BCUT2D eigenvalue weighted by Crippen LogP contribution is 2.44. The third kappa shape index (κ3) is 3.41. The number of aliphatic hydroxyl groups is 1. The van der Waals surface area contributed by atoms with E-state index in [0.29, 0.717) is 6.54 Å². The molecule has 3 N–H and O–H groups in total. The van der Waals surface area contributed by atoms with Crippen molar-refractivity contribution in [3.05, 3.63) is 29.3 Å². The van der Waals surface area contributed by atoms with Crippen LogP contribution in [0.2, 0.25) is 0 Å². The van der Waals surface area contributed by atoms with Gasteiger partial charge in [0.05, 0.1) is 13.2 Å². The maximum Gasteiger partial charge on any atom is 0.122 e. The maximum absolute atomic E-state index is 11.0. The van der Waals surface area contributed by atoms with Gasteiger partial charge in [-0.05, 0) is 31.2 Å². The van der Waals surface area contributed by atoms with Crippen LogP contribution in [0.15, 0.2) is 18.2 Å². The summed E-state index contributed by atoms with van der Waals surface area (Å²) in [6, 6.07) is 6.11. The van der Waals surface area contributed by atoms with Crippen LogP contribution in [0.5, 0.6) is 5.75 Å². The molecule has 118 valence electrons. The van der Waals surface area contributed by atoms with Crippen LogP contribution >= 0.6 is 0 Å². The first-order valence-electron chi connectivity index (χ1n) is 8.04. The first-order valence-corrected chi connectivity index (χ1v) is 8.04. The van der Waals surface area contributed by atoms with Gasteiger partial charge in [-0.25, -0.2) is 0 Å². The Morgan fingerprint density at radius 2 is 1.95 bits per heavy atom. The normalized spacial score (nSPS) is 20.8. The number of hydrogen-bond acceptors (Lipinski definition) is 3. The first-order chi connectivity index (χ1) is 10.0. The Hall–Kier alpha value is -1.06. The number of aryl methyl sites for hydroxylation is 1. The van der Waals surface area contributed by atoms with Gasteiger partial charge in [-0.1, -0.05) is 43.9 Å². The van der Waals surface area contributed by atoms with Gasteiger partial charge in [0.2, 0.25) is 0 Å². The molecule has 1 aromatic carbocycles. The molecule has 2 rings (SSSR count). The minimum Gasteiger partial charge on any atom is -0.496 e. The van der Waals surface area contributed by atoms with Gasteiger partial charge >= 0.3 is 0 Å². The fraction of sp³-hybridized carbons (Fsp3) is 0.667. The summed E-state index contributed by atoms with van der Waals surface area (Å²) in [4.78, 5) is 0. The van der Waals surface area contributed by atoms with Crippen molar-refractivity contribution in [1.82, 2.24) is 0 Å². The average Bonchev–Trinajstić information content (AvgIpc) is 2.49. The number of aliphatic hydroxyl groups excluding tert-OH is 1. The molecule has 0 heterocycles. The van der Waals surface area contributed by atoms with Crippen LogP contribution in [0.3, 0.4) is 0 Å². The molecule has 0 amide bonds. The molecule has 1 fully saturated rings. The van der Waals surface area contributed by atoms with Crippen LogP contribution in [0, 0.1) is 12.3 Å².